The number of hydrogen-bond acceptors (Lipinski definition) is 3. The molecule has 0 spiro atoms. The van der Waals surface area contributed by atoms with Crippen molar-refractivity contribution < 1.29 is 17.6 Å². The summed E-state index contributed by atoms with van der Waals surface area (Å²) in [5.74, 6) is -0.318. The van der Waals surface area contributed by atoms with Crippen LogP contribution in [0.25, 0.3) is 16.9 Å². The fourth-order valence-corrected chi connectivity index (χ4v) is 3.79. The van der Waals surface area contributed by atoms with Crippen LogP contribution in [0.3, 0.4) is 0 Å². The number of alkyl halides is 3. The standard InChI is InChI=1S/C23H20F4N4.Al/c24-20-6-4-17(5-7-20)22-18(14-30-10-8-16(13-28)9-11-30)15-31(29-22)21-3-1-2-19(12-21)23(25,26)27;/h1-7,12,15-16H,8-11,14H2;. The number of benzene rings is 2. The summed E-state index contributed by atoms with van der Waals surface area (Å²) in [5, 5.41) is 13.6. The molecular formula is C23H20AlF4N4. The van der Waals surface area contributed by atoms with Crippen LogP contribution in [-0.2, 0) is 12.7 Å². The van der Waals surface area contributed by atoms with Crippen LogP contribution in [0.1, 0.15) is 24.0 Å². The molecule has 4 rings (SSSR count). The Morgan fingerprint density at radius 2 is 1.75 bits per heavy atom. The molecule has 2 heterocycles. The molecule has 1 aliphatic rings. The number of nitrogens with zero attached hydrogens (tertiary/aromatic N) is 4. The Kier molecular flexibility index (Phi) is 7.41. The van der Waals surface area contributed by atoms with Gasteiger partial charge < -0.3 is 0 Å². The SMILES string of the molecule is N#CC1CCN(Cc2cn(-c3cccc(C(F)(F)F)c3)nc2-c2ccc(F)cc2)CC1.[Al]. The maximum atomic E-state index is 13.4. The number of aromatic nitrogens is 2. The van der Waals surface area contributed by atoms with Crippen LogP contribution in [0, 0.1) is 23.1 Å². The average Bonchev–Trinajstić information content (AvgIpc) is 3.18. The van der Waals surface area contributed by atoms with Gasteiger partial charge in [0.05, 0.1) is 23.0 Å². The van der Waals surface area contributed by atoms with Gasteiger partial charge in [0.2, 0.25) is 0 Å². The van der Waals surface area contributed by atoms with Crippen LogP contribution in [-0.4, -0.2) is 45.1 Å². The molecule has 0 atom stereocenters. The molecule has 3 aromatic rings. The molecular weight excluding hydrogens is 435 g/mol. The Bertz CT molecular complexity index is 1090. The highest BCUT2D eigenvalue weighted by Crippen LogP contribution is 2.31. The maximum absolute atomic E-state index is 13.4. The summed E-state index contributed by atoms with van der Waals surface area (Å²) in [7, 11) is 0. The molecule has 163 valence electrons. The van der Waals surface area contributed by atoms with Crippen LogP contribution < -0.4 is 0 Å². The van der Waals surface area contributed by atoms with E-state index < -0.39 is 11.7 Å². The van der Waals surface area contributed by atoms with Gasteiger partial charge in [-0.05, 0) is 68.4 Å². The van der Waals surface area contributed by atoms with Crippen molar-refractivity contribution in [3.8, 4) is 23.0 Å². The summed E-state index contributed by atoms with van der Waals surface area (Å²) in [6.45, 7) is 2.06. The van der Waals surface area contributed by atoms with Crippen LogP contribution in [0.15, 0.2) is 54.7 Å². The van der Waals surface area contributed by atoms with Gasteiger partial charge in [-0.2, -0.15) is 23.5 Å². The van der Waals surface area contributed by atoms with Gasteiger partial charge in [0.25, 0.3) is 0 Å². The van der Waals surface area contributed by atoms with Crippen molar-refractivity contribution in [3.05, 3.63) is 71.7 Å². The Labute approximate surface area is 194 Å². The summed E-state index contributed by atoms with van der Waals surface area (Å²) >= 11 is 0. The van der Waals surface area contributed by atoms with Gasteiger partial charge in [-0.3, -0.25) is 4.90 Å². The summed E-state index contributed by atoms with van der Waals surface area (Å²) < 4.78 is 54.3. The lowest BCUT2D eigenvalue weighted by Gasteiger charge is -2.28. The molecule has 1 fully saturated rings. The van der Waals surface area contributed by atoms with Crippen LogP contribution in [0.5, 0.6) is 0 Å². The zero-order valence-electron chi connectivity index (χ0n) is 17.2. The predicted octanol–water partition coefficient (Wildman–Crippen LogP) is 5.05. The van der Waals surface area contributed by atoms with E-state index in [1.165, 1.54) is 22.9 Å². The van der Waals surface area contributed by atoms with E-state index in [9.17, 15) is 17.6 Å². The molecule has 4 nitrogen and oxygen atoms in total. The van der Waals surface area contributed by atoms with Gasteiger partial charge in [-0.25, -0.2) is 9.07 Å². The molecule has 0 N–H and O–H groups in total. The molecule has 9 heteroatoms. The minimum atomic E-state index is -4.45. The molecule has 32 heavy (non-hydrogen) atoms. The molecule has 0 amide bonds. The van der Waals surface area contributed by atoms with Crippen molar-refractivity contribution >= 4 is 17.4 Å². The van der Waals surface area contributed by atoms with E-state index >= 15 is 0 Å². The van der Waals surface area contributed by atoms with Gasteiger partial charge in [-0.15, -0.1) is 0 Å². The third-order valence-corrected chi connectivity index (χ3v) is 5.51. The van der Waals surface area contributed by atoms with Crippen molar-refractivity contribution in [3.63, 3.8) is 0 Å². The van der Waals surface area contributed by atoms with E-state index in [-0.39, 0.29) is 29.1 Å². The third kappa shape index (κ3) is 5.39. The van der Waals surface area contributed by atoms with E-state index in [2.05, 4.69) is 16.1 Å². The number of piperidine rings is 1. The van der Waals surface area contributed by atoms with Crippen molar-refractivity contribution in [1.29, 1.82) is 5.26 Å². The van der Waals surface area contributed by atoms with Gasteiger partial charge in [-0.1, -0.05) is 6.07 Å². The Morgan fingerprint density at radius 3 is 2.38 bits per heavy atom. The zero-order valence-corrected chi connectivity index (χ0v) is 18.3. The maximum Gasteiger partial charge on any atom is 0.416 e. The minimum absolute atomic E-state index is 0. The van der Waals surface area contributed by atoms with Gasteiger partial charge in [0, 0.05) is 47.1 Å². The van der Waals surface area contributed by atoms with Gasteiger partial charge >= 0.3 is 6.18 Å². The Balaban J connectivity index is 0.00000289. The lowest BCUT2D eigenvalue weighted by Crippen LogP contribution is -2.32. The lowest BCUT2D eigenvalue weighted by atomic mass is 9.98. The molecule has 2 aromatic carbocycles. The summed E-state index contributed by atoms with van der Waals surface area (Å²) in [6.07, 6.45) is -1.16. The molecule has 0 bridgehead atoms. The van der Waals surface area contributed by atoms with Crippen LogP contribution in [0.2, 0.25) is 0 Å². The van der Waals surface area contributed by atoms with E-state index in [0.717, 1.165) is 43.6 Å². The first-order valence-electron chi connectivity index (χ1n) is 9.97. The largest absolute Gasteiger partial charge is 0.416 e. The minimum Gasteiger partial charge on any atom is -0.299 e. The highest BCUT2D eigenvalue weighted by atomic mass is 27.0. The highest BCUT2D eigenvalue weighted by molar-refractivity contribution is 5.75. The predicted molar refractivity (Wildman–Crippen MR) is 113 cm³/mol. The molecule has 0 saturated carbocycles. The fraction of sp³-hybridized carbons (Fsp3) is 0.304. The molecule has 0 unspecified atom stereocenters. The molecule has 3 radical (unpaired) electrons. The van der Waals surface area contributed by atoms with Gasteiger partial charge in [0.1, 0.15) is 5.82 Å². The van der Waals surface area contributed by atoms with Crippen molar-refractivity contribution in [2.45, 2.75) is 25.6 Å². The second-order valence-corrected chi connectivity index (χ2v) is 7.68. The normalized spacial score (nSPS) is 15.2. The van der Waals surface area contributed by atoms with Crippen molar-refractivity contribution in [1.82, 2.24) is 14.7 Å². The second kappa shape index (κ2) is 9.87. The second-order valence-electron chi connectivity index (χ2n) is 7.68. The monoisotopic (exact) mass is 455 g/mol. The Hall–Kier alpha value is -2.65. The van der Waals surface area contributed by atoms with E-state index in [1.54, 1.807) is 24.4 Å². The van der Waals surface area contributed by atoms with Gasteiger partial charge in [0.15, 0.2) is 0 Å². The number of rotatable bonds is 4. The summed E-state index contributed by atoms with van der Waals surface area (Å²) in [6, 6.07) is 13.2. The molecule has 1 aromatic heterocycles. The zero-order chi connectivity index (χ0) is 22.0. The quantitative estimate of drug-likeness (QED) is 0.409. The smallest absolute Gasteiger partial charge is 0.299 e. The number of hydrogen-bond donors (Lipinski definition) is 0. The average molecular weight is 455 g/mol. The summed E-state index contributed by atoms with van der Waals surface area (Å²) in [4.78, 5) is 2.20. The molecule has 0 aliphatic carbocycles. The summed E-state index contributed by atoms with van der Waals surface area (Å²) in [5.41, 5.74) is 1.67. The molecule has 1 aliphatic heterocycles. The number of halogens is 4. The van der Waals surface area contributed by atoms with E-state index in [0.29, 0.717) is 23.5 Å². The van der Waals surface area contributed by atoms with Crippen molar-refractivity contribution in [2.24, 2.45) is 5.92 Å². The van der Waals surface area contributed by atoms with E-state index in [1.807, 2.05) is 0 Å². The third-order valence-electron chi connectivity index (χ3n) is 5.51. The lowest BCUT2D eigenvalue weighted by molar-refractivity contribution is -0.137. The van der Waals surface area contributed by atoms with Crippen molar-refractivity contribution in [2.75, 3.05) is 13.1 Å². The number of nitriles is 1. The number of likely N-dealkylation sites (tertiary alicyclic amines) is 1. The van der Waals surface area contributed by atoms with Crippen LogP contribution >= 0.6 is 0 Å². The highest BCUT2D eigenvalue weighted by Gasteiger charge is 2.30. The first-order valence-corrected chi connectivity index (χ1v) is 9.97. The topological polar surface area (TPSA) is 44.9 Å². The van der Waals surface area contributed by atoms with Crippen LogP contribution in [0.4, 0.5) is 17.6 Å². The fourth-order valence-electron chi connectivity index (χ4n) is 3.79. The first-order chi connectivity index (χ1) is 14.8. The van der Waals surface area contributed by atoms with E-state index in [4.69, 9.17) is 5.26 Å². The Morgan fingerprint density at radius 1 is 1.06 bits per heavy atom. The molecule has 1 saturated heterocycles. The first kappa shape index (κ1) is 24.0.